The Hall–Kier alpha value is -2.53. The van der Waals surface area contributed by atoms with Gasteiger partial charge in [0.2, 0.25) is 5.91 Å². The van der Waals surface area contributed by atoms with Gasteiger partial charge in [-0.15, -0.1) is 0 Å². The summed E-state index contributed by atoms with van der Waals surface area (Å²) in [6, 6.07) is 16.7. The van der Waals surface area contributed by atoms with E-state index in [1.165, 1.54) is 11.1 Å². The maximum Gasteiger partial charge on any atom is 0.226 e. The van der Waals surface area contributed by atoms with Crippen LogP contribution in [0.15, 0.2) is 48.5 Å². The topological polar surface area (TPSA) is 50.8 Å². The zero-order valence-electron chi connectivity index (χ0n) is 20.0. The molecule has 0 bridgehead atoms. The number of hydrogen-bond donors (Lipinski definition) is 1. The standard InChI is InChI=1S/C28H38N2O3/c1-32-25-13-11-23(12-14-25)22-30-19-16-28(17-20-30)15-6-2-3-8-24-9-4-5-10-26(24)33-21-7-18-29-27(28)31/h4-5,9-14H,2-3,6-8,15-22H2,1H3,(H,29,31). The van der Waals surface area contributed by atoms with Gasteiger partial charge in [0.05, 0.1) is 19.1 Å². The van der Waals surface area contributed by atoms with Gasteiger partial charge in [0.1, 0.15) is 11.5 Å². The highest BCUT2D eigenvalue weighted by Gasteiger charge is 2.40. The fourth-order valence-corrected chi connectivity index (χ4v) is 5.17. The summed E-state index contributed by atoms with van der Waals surface area (Å²) in [7, 11) is 1.70. The average Bonchev–Trinajstić information content (AvgIpc) is 2.85. The van der Waals surface area contributed by atoms with Gasteiger partial charge < -0.3 is 14.8 Å². The number of nitrogens with zero attached hydrogens (tertiary/aromatic N) is 1. The number of ether oxygens (including phenoxy) is 2. The molecule has 1 amide bonds. The van der Waals surface area contributed by atoms with Crippen molar-refractivity contribution in [1.29, 1.82) is 0 Å². The zero-order valence-corrected chi connectivity index (χ0v) is 20.0. The van der Waals surface area contributed by atoms with Gasteiger partial charge in [-0.2, -0.15) is 0 Å². The van der Waals surface area contributed by atoms with Crippen LogP contribution in [-0.2, 0) is 17.8 Å². The van der Waals surface area contributed by atoms with Crippen molar-refractivity contribution in [3.63, 3.8) is 0 Å². The first kappa shape index (κ1) is 23.6. The minimum Gasteiger partial charge on any atom is -0.497 e. The van der Waals surface area contributed by atoms with Crippen molar-refractivity contribution in [1.82, 2.24) is 10.2 Å². The molecule has 5 nitrogen and oxygen atoms in total. The van der Waals surface area contributed by atoms with Crippen LogP contribution in [0.25, 0.3) is 0 Å². The Morgan fingerprint density at radius 3 is 2.55 bits per heavy atom. The molecule has 5 heteroatoms. The van der Waals surface area contributed by atoms with Crippen LogP contribution < -0.4 is 14.8 Å². The number of hydrogen-bond acceptors (Lipinski definition) is 4. The van der Waals surface area contributed by atoms with Crippen LogP contribution in [0.4, 0.5) is 0 Å². The van der Waals surface area contributed by atoms with Crippen molar-refractivity contribution in [2.24, 2.45) is 5.41 Å². The van der Waals surface area contributed by atoms with Crippen LogP contribution in [0.3, 0.4) is 0 Å². The van der Waals surface area contributed by atoms with Crippen molar-refractivity contribution in [2.75, 3.05) is 33.4 Å². The largest absolute Gasteiger partial charge is 0.497 e. The van der Waals surface area contributed by atoms with E-state index >= 15 is 0 Å². The second-order valence-electron chi connectivity index (χ2n) is 9.53. The molecule has 1 N–H and O–H groups in total. The molecular formula is C28H38N2O3. The van der Waals surface area contributed by atoms with Gasteiger partial charge in [0.25, 0.3) is 0 Å². The molecule has 2 aromatic rings. The van der Waals surface area contributed by atoms with Crippen LogP contribution in [-0.4, -0.2) is 44.2 Å². The molecular weight excluding hydrogens is 412 g/mol. The first-order valence-electron chi connectivity index (χ1n) is 12.5. The number of carbonyl (C=O) groups is 1. The van der Waals surface area contributed by atoms with Gasteiger partial charge in [-0.25, -0.2) is 0 Å². The second kappa shape index (κ2) is 11.6. The molecule has 1 fully saturated rings. The number of likely N-dealkylation sites (tertiary alicyclic amines) is 1. The first-order chi connectivity index (χ1) is 16.2. The summed E-state index contributed by atoms with van der Waals surface area (Å²) in [5.74, 6) is 2.15. The van der Waals surface area contributed by atoms with E-state index < -0.39 is 0 Å². The third kappa shape index (κ3) is 6.29. The lowest BCUT2D eigenvalue weighted by molar-refractivity contribution is -0.134. The molecule has 2 aliphatic heterocycles. The van der Waals surface area contributed by atoms with Gasteiger partial charge in [-0.3, -0.25) is 9.69 Å². The number of nitrogens with one attached hydrogen (secondary N) is 1. The van der Waals surface area contributed by atoms with Gasteiger partial charge in [0, 0.05) is 13.1 Å². The summed E-state index contributed by atoms with van der Waals surface area (Å²) >= 11 is 0. The van der Waals surface area contributed by atoms with E-state index in [1.807, 2.05) is 18.2 Å². The van der Waals surface area contributed by atoms with Crippen molar-refractivity contribution in [2.45, 2.75) is 57.9 Å². The number of rotatable bonds is 3. The van der Waals surface area contributed by atoms with Crippen LogP contribution in [0.2, 0.25) is 0 Å². The lowest BCUT2D eigenvalue weighted by Crippen LogP contribution is -2.49. The van der Waals surface area contributed by atoms with Crippen molar-refractivity contribution < 1.29 is 14.3 Å². The maximum atomic E-state index is 13.3. The molecule has 2 aromatic carbocycles. The number of piperidine rings is 1. The smallest absolute Gasteiger partial charge is 0.226 e. The predicted octanol–water partition coefficient (Wildman–Crippen LogP) is 4.98. The highest BCUT2D eigenvalue weighted by atomic mass is 16.5. The van der Waals surface area contributed by atoms with E-state index in [1.54, 1.807) is 7.11 Å². The fourth-order valence-electron chi connectivity index (χ4n) is 5.17. The molecule has 0 saturated carbocycles. The molecule has 178 valence electrons. The minimum atomic E-state index is -0.223. The second-order valence-corrected chi connectivity index (χ2v) is 9.53. The van der Waals surface area contributed by atoms with E-state index in [2.05, 4.69) is 40.5 Å². The van der Waals surface area contributed by atoms with E-state index in [9.17, 15) is 4.79 Å². The first-order valence-corrected chi connectivity index (χ1v) is 12.5. The molecule has 0 atom stereocenters. The summed E-state index contributed by atoms with van der Waals surface area (Å²) in [6.07, 6.45) is 8.15. The summed E-state index contributed by atoms with van der Waals surface area (Å²) in [4.78, 5) is 15.8. The SMILES string of the molecule is COc1ccc(CN2CCC3(CCCCCc4ccccc4OCCCNC3=O)CC2)cc1. The predicted molar refractivity (Wildman–Crippen MR) is 132 cm³/mol. The molecule has 0 radical (unpaired) electrons. The van der Waals surface area contributed by atoms with Crippen LogP contribution >= 0.6 is 0 Å². The van der Waals surface area contributed by atoms with E-state index in [0.29, 0.717) is 13.2 Å². The number of carbonyl (C=O) groups excluding carboxylic acids is 1. The molecule has 4 rings (SSSR count). The van der Waals surface area contributed by atoms with Crippen LogP contribution in [0, 0.1) is 5.41 Å². The zero-order chi connectivity index (χ0) is 22.9. The molecule has 2 heterocycles. The fraction of sp³-hybridized carbons (Fsp3) is 0.536. The van der Waals surface area contributed by atoms with Gasteiger partial charge >= 0.3 is 0 Å². The minimum absolute atomic E-state index is 0.223. The van der Waals surface area contributed by atoms with Crippen molar-refractivity contribution >= 4 is 5.91 Å². The van der Waals surface area contributed by atoms with E-state index in [0.717, 1.165) is 82.5 Å². The number of para-hydroxylation sites is 1. The molecule has 2 aliphatic rings. The normalized spacial score (nSPS) is 20.2. The number of benzene rings is 2. The summed E-state index contributed by atoms with van der Waals surface area (Å²) in [5, 5.41) is 3.25. The Bertz CT molecular complexity index is 888. The lowest BCUT2D eigenvalue weighted by atomic mass is 9.73. The number of methoxy groups -OCH3 is 1. The molecule has 33 heavy (non-hydrogen) atoms. The van der Waals surface area contributed by atoms with Crippen LogP contribution in [0.5, 0.6) is 11.5 Å². The average molecular weight is 451 g/mol. The number of fused-ring (bicyclic) bond motifs is 1. The Balaban J connectivity index is 1.34. The summed E-state index contributed by atoms with van der Waals surface area (Å²) < 4.78 is 11.3. The van der Waals surface area contributed by atoms with Crippen molar-refractivity contribution in [3.8, 4) is 11.5 Å². The van der Waals surface area contributed by atoms with Crippen molar-refractivity contribution in [3.05, 3.63) is 59.7 Å². The Labute approximate surface area is 198 Å². The van der Waals surface area contributed by atoms with E-state index in [4.69, 9.17) is 9.47 Å². The monoisotopic (exact) mass is 450 g/mol. The Morgan fingerprint density at radius 1 is 0.970 bits per heavy atom. The van der Waals surface area contributed by atoms with E-state index in [-0.39, 0.29) is 11.3 Å². The quantitative estimate of drug-likeness (QED) is 0.717. The number of aryl methyl sites for hydroxylation is 1. The third-order valence-corrected chi connectivity index (χ3v) is 7.30. The Morgan fingerprint density at radius 2 is 1.76 bits per heavy atom. The highest BCUT2D eigenvalue weighted by molar-refractivity contribution is 5.82. The highest BCUT2D eigenvalue weighted by Crippen LogP contribution is 2.38. The summed E-state index contributed by atoms with van der Waals surface area (Å²) in [6.45, 7) is 4.18. The third-order valence-electron chi connectivity index (χ3n) is 7.30. The van der Waals surface area contributed by atoms with Gasteiger partial charge in [0.15, 0.2) is 0 Å². The van der Waals surface area contributed by atoms with Gasteiger partial charge in [-0.1, -0.05) is 43.2 Å². The van der Waals surface area contributed by atoms with Crippen LogP contribution in [0.1, 0.15) is 56.1 Å². The molecule has 0 aliphatic carbocycles. The molecule has 1 saturated heterocycles. The summed E-state index contributed by atoms with van der Waals surface area (Å²) in [5.41, 5.74) is 2.38. The lowest BCUT2D eigenvalue weighted by Gasteiger charge is -2.41. The number of amides is 1. The molecule has 0 unspecified atom stereocenters. The molecule has 0 aromatic heterocycles. The maximum absolute atomic E-state index is 13.3. The Kier molecular flexibility index (Phi) is 8.27. The van der Waals surface area contributed by atoms with Gasteiger partial charge in [-0.05, 0) is 80.9 Å². The molecule has 1 spiro atoms.